The summed E-state index contributed by atoms with van der Waals surface area (Å²) >= 11 is 1.61. The molecule has 1 amide bonds. The van der Waals surface area contributed by atoms with E-state index in [9.17, 15) is 14.7 Å². The van der Waals surface area contributed by atoms with Gasteiger partial charge in [-0.05, 0) is 24.6 Å². The molecule has 0 bridgehead atoms. The summed E-state index contributed by atoms with van der Waals surface area (Å²) in [5.74, 6) is -0.874. The van der Waals surface area contributed by atoms with E-state index >= 15 is 0 Å². The van der Waals surface area contributed by atoms with Crippen LogP contribution in [0.4, 0.5) is 0 Å². The van der Waals surface area contributed by atoms with Crippen LogP contribution >= 0.6 is 11.3 Å². The summed E-state index contributed by atoms with van der Waals surface area (Å²) in [7, 11) is 0. The lowest BCUT2D eigenvalue weighted by atomic mass is 10.1. The molecule has 2 N–H and O–H groups in total. The number of thiazole rings is 1. The lowest BCUT2D eigenvalue weighted by Gasteiger charge is -2.13. The number of aliphatic carboxylic acids is 1. The van der Waals surface area contributed by atoms with Gasteiger partial charge in [-0.25, -0.2) is 9.78 Å². The summed E-state index contributed by atoms with van der Waals surface area (Å²) in [6, 6.07) is 14.3. The Hall–Kier alpha value is -3.72. The molecule has 30 heavy (non-hydrogen) atoms. The molecule has 4 aromatic rings. The minimum atomic E-state index is -1.19. The number of carbonyl (C=O) groups is 2. The van der Waals surface area contributed by atoms with Gasteiger partial charge in [0.15, 0.2) is 17.5 Å². The topological polar surface area (TPSA) is 115 Å². The highest BCUT2D eigenvalue weighted by Crippen LogP contribution is 2.26. The minimum absolute atomic E-state index is 0.0265. The Balaban J connectivity index is 1.41. The number of carbonyl (C=O) groups excluding carboxylic acids is 1. The van der Waals surface area contributed by atoms with Gasteiger partial charge >= 0.3 is 5.97 Å². The molecule has 0 aliphatic carbocycles. The molecule has 2 aromatic carbocycles. The maximum atomic E-state index is 12.4. The van der Waals surface area contributed by atoms with Crippen LogP contribution in [0.15, 0.2) is 59.1 Å². The third-order valence-corrected chi connectivity index (χ3v) is 5.25. The molecule has 0 aliphatic heterocycles. The third-order valence-electron chi connectivity index (χ3n) is 4.29. The standard InChI is InChI=1S/C21H17N3O5S/c1-12-22-16-9-14(7-8-18(16)30-12)28-11-15-10-17(24-29-15)20(25)23-19(21(26)27)13-5-3-2-4-6-13/h2-10,19H,11H2,1H3,(H,23,25)(H,26,27)/t19-/m0/s1. The molecule has 2 heterocycles. The normalized spacial score (nSPS) is 11.9. The number of aryl methyl sites for hydroxylation is 1. The fourth-order valence-electron chi connectivity index (χ4n) is 2.89. The Bertz CT molecular complexity index is 1200. The number of carboxylic acids is 1. The van der Waals surface area contributed by atoms with Crippen molar-refractivity contribution < 1.29 is 24.0 Å². The van der Waals surface area contributed by atoms with E-state index in [1.165, 1.54) is 6.07 Å². The van der Waals surface area contributed by atoms with Crippen LogP contribution < -0.4 is 10.1 Å². The number of rotatable bonds is 7. The monoisotopic (exact) mass is 423 g/mol. The van der Waals surface area contributed by atoms with Crippen molar-refractivity contribution in [3.63, 3.8) is 0 Å². The van der Waals surface area contributed by atoms with Crippen molar-refractivity contribution in [1.82, 2.24) is 15.5 Å². The van der Waals surface area contributed by atoms with Crippen molar-refractivity contribution >= 4 is 33.4 Å². The van der Waals surface area contributed by atoms with Gasteiger partial charge in [0.2, 0.25) is 0 Å². The number of nitrogens with one attached hydrogen (secondary N) is 1. The SMILES string of the molecule is Cc1nc2cc(OCc3cc(C(=O)N[C@H](C(=O)O)c4ccccc4)no3)ccc2s1. The van der Waals surface area contributed by atoms with E-state index in [0.717, 1.165) is 15.2 Å². The number of ether oxygens (including phenoxy) is 1. The smallest absolute Gasteiger partial charge is 0.330 e. The molecule has 1 atom stereocenters. The number of fused-ring (bicyclic) bond motifs is 1. The van der Waals surface area contributed by atoms with Gasteiger partial charge in [0.1, 0.15) is 12.4 Å². The van der Waals surface area contributed by atoms with Gasteiger partial charge in [-0.2, -0.15) is 0 Å². The largest absolute Gasteiger partial charge is 0.485 e. The zero-order valence-electron chi connectivity index (χ0n) is 15.9. The fraction of sp³-hybridized carbons (Fsp3) is 0.143. The van der Waals surface area contributed by atoms with Crippen LogP contribution in [0.1, 0.15) is 32.9 Å². The maximum Gasteiger partial charge on any atom is 0.330 e. The van der Waals surface area contributed by atoms with Crippen molar-refractivity contribution in [2.24, 2.45) is 0 Å². The highest BCUT2D eigenvalue weighted by molar-refractivity contribution is 7.18. The molecule has 0 fully saturated rings. The van der Waals surface area contributed by atoms with E-state index in [1.54, 1.807) is 41.7 Å². The molecule has 0 saturated heterocycles. The van der Waals surface area contributed by atoms with Gasteiger partial charge in [0.05, 0.1) is 15.2 Å². The molecule has 8 nitrogen and oxygen atoms in total. The van der Waals surface area contributed by atoms with Crippen LogP contribution in [-0.2, 0) is 11.4 Å². The quantitative estimate of drug-likeness (QED) is 0.465. The van der Waals surface area contributed by atoms with E-state index in [0.29, 0.717) is 17.1 Å². The molecule has 4 rings (SSSR count). The summed E-state index contributed by atoms with van der Waals surface area (Å²) in [6.45, 7) is 2.01. The zero-order chi connectivity index (χ0) is 21.1. The first-order valence-corrected chi connectivity index (χ1v) is 9.85. The highest BCUT2D eigenvalue weighted by Gasteiger charge is 2.24. The van der Waals surface area contributed by atoms with E-state index in [1.807, 2.05) is 25.1 Å². The predicted molar refractivity (Wildman–Crippen MR) is 109 cm³/mol. The Morgan fingerprint density at radius 2 is 2.00 bits per heavy atom. The highest BCUT2D eigenvalue weighted by atomic mass is 32.1. The number of hydrogen-bond acceptors (Lipinski definition) is 7. The zero-order valence-corrected chi connectivity index (χ0v) is 16.7. The molecule has 2 aromatic heterocycles. The van der Waals surface area contributed by atoms with E-state index in [4.69, 9.17) is 9.26 Å². The number of benzene rings is 2. The second-order valence-electron chi connectivity index (χ2n) is 6.48. The van der Waals surface area contributed by atoms with Gasteiger partial charge in [0, 0.05) is 12.1 Å². The van der Waals surface area contributed by atoms with Crippen LogP contribution in [0, 0.1) is 6.92 Å². The fourth-order valence-corrected chi connectivity index (χ4v) is 3.70. The maximum absolute atomic E-state index is 12.4. The van der Waals surface area contributed by atoms with Crippen molar-refractivity contribution in [3.8, 4) is 5.75 Å². The summed E-state index contributed by atoms with van der Waals surface area (Å²) in [4.78, 5) is 28.4. The number of amides is 1. The minimum Gasteiger partial charge on any atom is -0.485 e. The van der Waals surface area contributed by atoms with Gasteiger partial charge in [-0.15, -0.1) is 11.3 Å². The second-order valence-corrected chi connectivity index (χ2v) is 7.72. The summed E-state index contributed by atoms with van der Waals surface area (Å²) in [5.41, 5.74) is 1.28. The van der Waals surface area contributed by atoms with Crippen LogP contribution in [-0.4, -0.2) is 27.1 Å². The molecular weight excluding hydrogens is 406 g/mol. The number of carboxylic acid groups (broad SMARTS) is 1. The Labute approximate surface area is 175 Å². The van der Waals surface area contributed by atoms with Crippen molar-refractivity contribution in [3.05, 3.63) is 76.6 Å². The first-order valence-electron chi connectivity index (χ1n) is 9.04. The molecule has 0 aliphatic rings. The van der Waals surface area contributed by atoms with Gasteiger partial charge < -0.3 is 19.7 Å². The molecule has 0 saturated carbocycles. The van der Waals surface area contributed by atoms with Crippen LogP contribution in [0.25, 0.3) is 10.2 Å². The Kier molecular flexibility index (Phi) is 5.44. The molecule has 9 heteroatoms. The molecule has 0 unspecified atom stereocenters. The molecule has 0 radical (unpaired) electrons. The summed E-state index contributed by atoms with van der Waals surface area (Å²) < 4.78 is 11.9. The van der Waals surface area contributed by atoms with E-state index in [2.05, 4.69) is 15.5 Å². The van der Waals surface area contributed by atoms with E-state index < -0.39 is 17.9 Å². The summed E-state index contributed by atoms with van der Waals surface area (Å²) in [6.07, 6.45) is 0. The summed E-state index contributed by atoms with van der Waals surface area (Å²) in [5, 5.41) is 16.6. The molecule has 0 spiro atoms. The van der Waals surface area contributed by atoms with E-state index in [-0.39, 0.29) is 12.3 Å². The average molecular weight is 423 g/mol. The van der Waals surface area contributed by atoms with Gasteiger partial charge in [-0.1, -0.05) is 35.5 Å². The van der Waals surface area contributed by atoms with Crippen LogP contribution in [0.3, 0.4) is 0 Å². The predicted octanol–water partition coefficient (Wildman–Crippen LogP) is 3.73. The third kappa shape index (κ3) is 4.31. The average Bonchev–Trinajstić information content (AvgIpc) is 3.36. The number of aromatic nitrogens is 2. The van der Waals surface area contributed by atoms with Crippen molar-refractivity contribution in [2.75, 3.05) is 0 Å². The second kappa shape index (κ2) is 8.34. The molecule has 152 valence electrons. The number of nitrogens with zero attached hydrogens (tertiary/aromatic N) is 2. The lowest BCUT2D eigenvalue weighted by Crippen LogP contribution is -2.33. The van der Waals surface area contributed by atoms with Crippen molar-refractivity contribution in [2.45, 2.75) is 19.6 Å². The first-order chi connectivity index (χ1) is 14.5. The number of hydrogen-bond donors (Lipinski definition) is 2. The van der Waals surface area contributed by atoms with Gasteiger partial charge in [-0.3, -0.25) is 4.79 Å². The Morgan fingerprint density at radius 1 is 1.20 bits per heavy atom. The first kappa shape index (κ1) is 19.6. The Morgan fingerprint density at radius 3 is 2.77 bits per heavy atom. The molecular formula is C21H17N3O5S. The van der Waals surface area contributed by atoms with Crippen molar-refractivity contribution in [1.29, 1.82) is 0 Å². The lowest BCUT2D eigenvalue weighted by molar-refractivity contribution is -0.139. The van der Waals surface area contributed by atoms with Crippen LogP contribution in [0.5, 0.6) is 5.75 Å². The van der Waals surface area contributed by atoms with Crippen LogP contribution in [0.2, 0.25) is 0 Å². The van der Waals surface area contributed by atoms with Gasteiger partial charge in [0.25, 0.3) is 5.91 Å².